The van der Waals surface area contributed by atoms with Gasteiger partial charge >= 0.3 is 0 Å². The molecule has 0 aromatic heterocycles. The van der Waals surface area contributed by atoms with Crippen LogP contribution >= 0.6 is 11.8 Å². The second-order valence-electron chi connectivity index (χ2n) is 4.57. The van der Waals surface area contributed by atoms with Gasteiger partial charge in [0.25, 0.3) is 0 Å². The third-order valence-electron chi connectivity index (χ3n) is 2.16. The highest BCUT2D eigenvalue weighted by molar-refractivity contribution is 7.99. The fourth-order valence-electron chi connectivity index (χ4n) is 1.28. The lowest BCUT2D eigenvalue weighted by Gasteiger charge is -2.06. The Kier molecular flexibility index (Phi) is 12.7. The third kappa shape index (κ3) is 13.6. The minimum Gasteiger partial charge on any atom is -0.382 e. The van der Waals surface area contributed by atoms with E-state index in [2.05, 4.69) is 24.2 Å². The summed E-state index contributed by atoms with van der Waals surface area (Å²) >= 11 is 1.99. The Labute approximate surface area is 116 Å². The average molecular weight is 275 g/mol. The molecule has 0 atom stereocenters. The molecule has 0 aromatic rings. The molecule has 0 amide bonds. The molecule has 0 spiro atoms. The monoisotopic (exact) mass is 275 g/mol. The average Bonchev–Trinajstić information content (AvgIpc) is 2.33. The van der Waals surface area contributed by atoms with Crippen LogP contribution in [0.5, 0.6) is 0 Å². The van der Waals surface area contributed by atoms with Gasteiger partial charge in [-0.3, -0.25) is 4.99 Å². The number of rotatable bonds is 11. The maximum atomic E-state index is 5.74. The lowest BCUT2D eigenvalue weighted by Crippen LogP contribution is -2.33. The summed E-state index contributed by atoms with van der Waals surface area (Å²) in [5, 5.41) is 3.09. The van der Waals surface area contributed by atoms with Crippen molar-refractivity contribution >= 4 is 17.7 Å². The third-order valence-corrected chi connectivity index (χ3v) is 3.64. The summed E-state index contributed by atoms with van der Waals surface area (Å²) in [6.07, 6.45) is 2.06. The van der Waals surface area contributed by atoms with Crippen molar-refractivity contribution in [3.8, 4) is 0 Å². The van der Waals surface area contributed by atoms with Crippen molar-refractivity contribution in [1.29, 1.82) is 0 Å². The topological polar surface area (TPSA) is 59.6 Å². The highest BCUT2D eigenvalue weighted by atomic mass is 32.2. The van der Waals surface area contributed by atoms with Crippen LogP contribution in [0.15, 0.2) is 4.99 Å². The largest absolute Gasteiger partial charge is 0.382 e. The van der Waals surface area contributed by atoms with E-state index in [0.29, 0.717) is 5.96 Å². The van der Waals surface area contributed by atoms with Crippen molar-refractivity contribution < 1.29 is 4.74 Å². The number of nitrogens with zero attached hydrogens (tertiary/aromatic N) is 1. The first-order valence-corrected chi connectivity index (χ1v) is 8.01. The van der Waals surface area contributed by atoms with Crippen molar-refractivity contribution in [1.82, 2.24) is 5.32 Å². The van der Waals surface area contributed by atoms with Crippen LogP contribution in [-0.4, -0.2) is 43.8 Å². The molecule has 0 saturated heterocycles. The molecule has 108 valence electrons. The number of nitrogens with two attached hydrogens (primary N) is 1. The highest BCUT2D eigenvalue weighted by Gasteiger charge is 1.95. The van der Waals surface area contributed by atoms with Gasteiger partial charge in [0.2, 0.25) is 0 Å². The van der Waals surface area contributed by atoms with E-state index >= 15 is 0 Å². The Hall–Kier alpha value is -0.420. The summed E-state index contributed by atoms with van der Waals surface area (Å²) in [6, 6.07) is 0. The maximum absolute atomic E-state index is 5.74. The minimum atomic E-state index is 0.556. The molecule has 0 saturated carbocycles. The summed E-state index contributed by atoms with van der Waals surface area (Å²) in [5.41, 5.74) is 5.74. The number of nitrogens with one attached hydrogen (secondary N) is 1. The molecule has 0 rings (SSSR count). The Morgan fingerprint density at radius 2 is 2.17 bits per heavy atom. The van der Waals surface area contributed by atoms with Crippen molar-refractivity contribution in [3.63, 3.8) is 0 Å². The van der Waals surface area contributed by atoms with Crippen LogP contribution in [0.4, 0.5) is 0 Å². The molecule has 0 aromatic carbocycles. The first-order chi connectivity index (χ1) is 8.66. The van der Waals surface area contributed by atoms with E-state index in [-0.39, 0.29) is 0 Å². The summed E-state index contributed by atoms with van der Waals surface area (Å²) in [6.45, 7) is 9.69. The van der Waals surface area contributed by atoms with E-state index in [4.69, 9.17) is 10.5 Å². The van der Waals surface area contributed by atoms with E-state index in [0.717, 1.165) is 45.1 Å². The number of hydrogen-bond acceptors (Lipinski definition) is 3. The van der Waals surface area contributed by atoms with Gasteiger partial charge in [0, 0.05) is 26.3 Å². The molecular weight excluding hydrogens is 246 g/mol. The molecule has 0 bridgehead atoms. The maximum Gasteiger partial charge on any atom is 0.188 e. The predicted molar refractivity (Wildman–Crippen MR) is 82.4 cm³/mol. The van der Waals surface area contributed by atoms with E-state index in [1.807, 2.05) is 18.7 Å². The lowest BCUT2D eigenvalue weighted by atomic mass is 10.3. The number of ether oxygens (including phenoxy) is 1. The highest BCUT2D eigenvalue weighted by Crippen LogP contribution is 2.08. The number of hydrogen-bond donors (Lipinski definition) is 2. The SMILES string of the molecule is CCOCCCNC(N)=NCCCSCC(C)C. The van der Waals surface area contributed by atoms with Crippen LogP contribution < -0.4 is 11.1 Å². The van der Waals surface area contributed by atoms with Gasteiger partial charge in [-0.15, -0.1) is 0 Å². The van der Waals surface area contributed by atoms with Gasteiger partial charge in [-0.1, -0.05) is 13.8 Å². The lowest BCUT2D eigenvalue weighted by molar-refractivity contribution is 0.145. The van der Waals surface area contributed by atoms with Crippen LogP contribution in [-0.2, 0) is 4.74 Å². The van der Waals surface area contributed by atoms with Crippen molar-refractivity contribution in [3.05, 3.63) is 0 Å². The van der Waals surface area contributed by atoms with Crippen LogP contribution in [0, 0.1) is 5.92 Å². The van der Waals surface area contributed by atoms with Crippen molar-refractivity contribution in [2.75, 3.05) is 37.8 Å². The van der Waals surface area contributed by atoms with Gasteiger partial charge in [-0.25, -0.2) is 0 Å². The Balaban J connectivity index is 3.31. The smallest absolute Gasteiger partial charge is 0.188 e. The minimum absolute atomic E-state index is 0.556. The second-order valence-corrected chi connectivity index (χ2v) is 5.72. The summed E-state index contributed by atoms with van der Waals surface area (Å²) < 4.78 is 5.24. The fraction of sp³-hybridized carbons (Fsp3) is 0.923. The molecule has 0 aliphatic heterocycles. The molecule has 5 heteroatoms. The molecule has 0 aliphatic rings. The molecule has 0 radical (unpaired) electrons. The quantitative estimate of drug-likeness (QED) is 0.344. The van der Waals surface area contributed by atoms with Crippen molar-refractivity contribution in [2.45, 2.75) is 33.6 Å². The van der Waals surface area contributed by atoms with Gasteiger partial charge in [0.05, 0.1) is 0 Å². The van der Waals surface area contributed by atoms with E-state index < -0.39 is 0 Å². The zero-order valence-corrected chi connectivity index (χ0v) is 12.9. The molecule has 0 unspecified atom stereocenters. The van der Waals surface area contributed by atoms with E-state index in [1.165, 1.54) is 11.5 Å². The van der Waals surface area contributed by atoms with Gasteiger partial charge in [0.15, 0.2) is 5.96 Å². The molecular formula is C13H29N3OS. The number of guanidine groups is 1. The first-order valence-electron chi connectivity index (χ1n) is 6.86. The van der Waals surface area contributed by atoms with Gasteiger partial charge < -0.3 is 15.8 Å². The summed E-state index contributed by atoms with van der Waals surface area (Å²) in [4.78, 5) is 4.29. The van der Waals surface area contributed by atoms with E-state index in [1.54, 1.807) is 0 Å². The van der Waals surface area contributed by atoms with Crippen LogP contribution in [0.2, 0.25) is 0 Å². The van der Waals surface area contributed by atoms with E-state index in [9.17, 15) is 0 Å². The van der Waals surface area contributed by atoms with Crippen LogP contribution in [0.25, 0.3) is 0 Å². The van der Waals surface area contributed by atoms with Crippen LogP contribution in [0.1, 0.15) is 33.6 Å². The first kappa shape index (κ1) is 17.6. The number of thioether (sulfide) groups is 1. The predicted octanol–water partition coefficient (Wildman–Crippen LogP) is 2.10. The Morgan fingerprint density at radius 1 is 1.39 bits per heavy atom. The molecule has 18 heavy (non-hydrogen) atoms. The molecule has 4 nitrogen and oxygen atoms in total. The fourth-order valence-corrected chi connectivity index (χ4v) is 2.25. The normalized spacial score (nSPS) is 12.1. The Morgan fingerprint density at radius 3 is 2.83 bits per heavy atom. The molecule has 0 heterocycles. The van der Waals surface area contributed by atoms with Gasteiger partial charge in [-0.05, 0) is 37.2 Å². The number of aliphatic imine (C=N–C) groups is 1. The standard InChI is InChI=1S/C13H29N3OS/c1-4-17-9-5-7-15-13(14)16-8-6-10-18-11-12(2)3/h12H,4-11H2,1-3H3,(H3,14,15,16). The molecule has 0 aliphatic carbocycles. The van der Waals surface area contributed by atoms with Gasteiger partial charge in [-0.2, -0.15) is 11.8 Å². The van der Waals surface area contributed by atoms with Crippen molar-refractivity contribution in [2.24, 2.45) is 16.6 Å². The summed E-state index contributed by atoms with van der Waals surface area (Å²) in [7, 11) is 0. The Bertz CT molecular complexity index is 210. The zero-order valence-electron chi connectivity index (χ0n) is 12.1. The van der Waals surface area contributed by atoms with Crippen LogP contribution in [0.3, 0.4) is 0 Å². The molecule has 3 N–H and O–H groups in total. The summed E-state index contributed by atoms with van der Waals surface area (Å²) in [5.74, 6) is 3.73. The zero-order chi connectivity index (χ0) is 13.6. The molecule has 0 fully saturated rings. The van der Waals surface area contributed by atoms with Gasteiger partial charge in [0.1, 0.15) is 0 Å². The second kappa shape index (κ2) is 13.0.